The van der Waals surface area contributed by atoms with Crippen LogP contribution in [0.15, 0.2) is 42.4 Å². The standard InChI is InChI=1S/C22H19N3O4/c1-24-10-19(26)25-16(22(24)27)9-14-13-4-2-3-5-15(13)23-20(14)21(25)12-6-7-17-18(8-12)29-11-28-17/h2-8,16,21,23H,9-11H2,1H3/t16-,21-/m1/s1/i1D3,6D,7D,8D,9D2,10D2,16D,21D. The van der Waals surface area contributed by atoms with Gasteiger partial charge in [-0.15, -0.1) is 0 Å². The molecule has 0 aliphatic carbocycles. The minimum absolute atomic E-state index is 0.0505. The third-order valence-electron chi connectivity index (χ3n) is 4.84. The lowest BCUT2D eigenvalue weighted by Gasteiger charge is -2.46. The van der Waals surface area contributed by atoms with Crippen LogP contribution in [0.3, 0.4) is 0 Å². The van der Waals surface area contributed by atoms with Crippen LogP contribution in [0.4, 0.5) is 0 Å². The summed E-state index contributed by atoms with van der Waals surface area (Å²) >= 11 is 0. The van der Waals surface area contributed by atoms with Crippen LogP contribution >= 0.6 is 0 Å². The highest BCUT2D eigenvalue weighted by atomic mass is 16.7. The molecule has 0 spiro atoms. The number of H-pyrrole nitrogens is 1. The van der Waals surface area contributed by atoms with E-state index in [1.807, 2.05) is 0 Å². The summed E-state index contributed by atoms with van der Waals surface area (Å²) in [4.78, 5) is 30.2. The molecule has 1 saturated heterocycles. The number of ether oxygens (including phenoxy) is 2. The van der Waals surface area contributed by atoms with Gasteiger partial charge in [-0.3, -0.25) is 9.59 Å². The first kappa shape index (κ1) is 8.49. The fraction of sp³-hybridized carbons (Fsp3) is 0.273. The molecule has 0 radical (unpaired) electrons. The van der Waals surface area contributed by atoms with Crippen LogP contribution in [0.25, 0.3) is 10.9 Å². The molecular formula is C22H19N3O4. The van der Waals surface area contributed by atoms with E-state index in [2.05, 4.69) is 4.98 Å². The average molecular weight is 401 g/mol. The number of hydrogen-bond acceptors (Lipinski definition) is 4. The summed E-state index contributed by atoms with van der Waals surface area (Å²) in [7, 11) is 0. The zero-order chi connectivity index (χ0) is 30.2. The van der Waals surface area contributed by atoms with Crippen molar-refractivity contribution in [3.05, 3.63) is 59.2 Å². The number of para-hydroxylation sites is 1. The van der Waals surface area contributed by atoms with E-state index in [4.69, 9.17) is 23.2 Å². The minimum atomic E-state index is -3.72. The fourth-order valence-corrected chi connectivity index (χ4v) is 3.59. The van der Waals surface area contributed by atoms with Crippen molar-refractivity contribution in [3.8, 4) is 11.5 Å². The summed E-state index contributed by atoms with van der Waals surface area (Å²) in [6.07, 6.45) is -3.27. The summed E-state index contributed by atoms with van der Waals surface area (Å²) in [6, 6.07) is -3.16. The second-order valence-electron chi connectivity index (χ2n) is 6.45. The summed E-state index contributed by atoms with van der Waals surface area (Å²) in [5.41, 5.74) is -1.68. The Morgan fingerprint density at radius 1 is 1.28 bits per heavy atom. The van der Waals surface area contributed by atoms with Crippen LogP contribution in [-0.4, -0.2) is 52.9 Å². The molecule has 2 amide bonds. The quantitative estimate of drug-likeness (QED) is 0.678. The lowest BCUT2D eigenvalue weighted by atomic mass is 9.86. The third-order valence-corrected chi connectivity index (χ3v) is 4.84. The molecule has 6 rings (SSSR count). The van der Waals surface area contributed by atoms with Gasteiger partial charge in [0.05, 0.1) is 22.1 Å². The Hall–Kier alpha value is -3.48. The number of aromatic nitrogens is 1. The van der Waals surface area contributed by atoms with Gasteiger partial charge < -0.3 is 24.3 Å². The topological polar surface area (TPSA) is 74.9 Å². The molecule has 2 aromatic carbocycles. The first-order valence-electron chi connectivity index (χ1n) is 14.6. The largest absolute Gasteiger partial charge is 0.454 e. The first-order chi connectivity index (χ1) is 18.9. The molecule has 0 unspecified atom stereocenters. The highest BCUT2D eigenvalue weighted by Gasteiger charge is 2.47. The molecule has 3 aliphatic rings. The van der Waals surface area contributed by atoms with Crippen LogP contribution in [0.5, 0.6) is 11.5 Å². The van der Waals surface area contributed by atoms with Crippen LogP contribution in [0.1, 0.15) is 39.3 Å². The number of piperazine rings is 1. The lowest BCUT2D eigenvalue weighted by molar-refractivity contribution is -0.157. The summed E-state index contributed by atoms with van der Waals surface area (Å²) in [6.45, 7) is -7.81. The number of carbonyl (C=O) groups excluding carboxylic acids is 2. The van der Waals surface area contributed by atoms with E-state index in [0.717, 1.165) is 0 Å². The molecule has 3 aromatic rings. The van der Waals surface area contributed by atoms with E-state index in [1.54, 1.807) is 6.07 Å². The van der Waals surface area contributed by atoms with Crippen molar-refractivity contribution < 1.29 is 35.5 Å². The number of amides is 2. The van der Waals surface area contributed by atoms with E-state index >= 15 is 0 Å². The highest BCUT2D eigenvalue weighted by Crippen LogP contribution is 2.44. The maximum absolute atomic E-state index is 14.0. The molecule has 7 nitrogen and oxygen atoms in total. The van der Waals surface area contributed by atoms with E-state index in [1.165, 1.54) is 18.2 Å². The van der Waals surface area contributed by atoms with Crippen LogP contribution < -0.4 is 9.47 Å². The van der Waals surface area contributed by atoms with Gasteiger partial charge in [-0.1, -0.05) is 24.2 Å². The van der Waals surface area contributed by atoms with Crippen molar-refractivity contribution in [2.75, 3.05) is 20.3 Å². The Morgan fingerprint density at radius 2 is 2.14 bits per heavy atom. The van der Waals surface area contributed by atoms with E-state index < -0.39 is 96.1 Å². The maximum Gasteiger partial charge on any atom is 0.245 e. The highest BCUT2D eigenvalue weighted by molar-refractivity contribution is 5.97. The van der Waals surface area contributed by atoms with Gasteiger partial charge in [0, 0.05) is 36.8 Å². The normalized spacial score (nSPS) is 37.8. The number of benzene rings is 2. The predicted octanol–water partition coefficient (Wildman–Crippen LogP) is 2.21. The zero-order valence-electron chi connectivity index (χ0n) is 26.5. The predicted molar refractivity (Wildman–Crippen MR) is 105 cm³/mol. The van der Waals surface area contributed by atoms with Gasteiger partial charge in [-0.2, -0.15) is 0 Å². The number of nitrogens with one attached hydrogen (secondary N) is 1. The van der Waals surface area contributed by atoms with Crippen LogP contribution in [0.2, 0.25) is 0 Å². The molecule has 3 aliphatic heterocycles. The van der Waals surface area contributed by atoms with Crippen LogP contribution in [-0.2, 0) is 16.0 Å². The molecule has 7 heteroatoms. The second kappa shape index (κ2) is 5.76. The Labute approximate surface area is 183 Å². The third kappa shape index (κ3) is 2.24. The smallest absolute Gasteiger partial charge is 0.245 e. The number of carbonyl (C=O) groups is 2. The monoisotopic (exact) mass is 401 g/mol. The number of aromatic amines is 1. The Kier molecular flexibility index (Phi) is 1.69. The summed E-state index contributed by atoms with van der Waals surface area (Å²) in [5.74, 6) is -4.63. The Morgan fingerprint density at radius 3 is 3.03 bits per heavy atom. The Bertz CT molecular complexity index is 1710. The number of hydrogen-bond donors (Lipinski definition) is 1. The molecular weight excluding hydrogens is 370 g/mol. The molecule has 0 bridgehead atoms. The molecule has 146 valence electrons. The molecule has 0 saturated carbocycles. The van der Waals surface area contributed by atoms with Crippen molar-refractivity contribution in [2.24, 2.45) is 0 Å². The van der Waals surface area contributed by atoms with Gasteiger partial charge in [0.1, 0.15) is 6.02 Å². The fourth-order valence-electron chi connectivity index (χ4n) is 3.59. The van der Waals surface area contributed by atoms with Gasteiger partial charge in [0.25, 0.3) is 0 Å². The summed E-state index contributed by atoms with van der Waals surface area (Å²) in [5, 5.41) is 0.0505. The van der Waals surface area contributed by atoms with Crippen molar-refractivity contribution >= 4 is 22.7 Å². The molecule has 4 heterocycles. The number of likely N-dealkylation sites (N-methyl/N-ethyl adjacent to an activating group) is 1. The maximum atomic E-state index is 14.0. The zero-order valence-corrected chi connectivity index (χ0v) is 14.5. The SMILES string of the molecule is [2H]c1c([2H])c([C@]2([2H])c3[nH]c4ccccc4c3C([2H])([2H])[C@]3([2H])C(=O)N(C([2H])([2H])[2H])C([2H])([2H])C(=O)N23)c([2H])c2c1OCO2. The lowest BCUT2D eigenvalue weighted by Crippen LogP contribution is -2.62. The molecule has 29 heavy (non-hydrogen) atoms. The van der Waals surface area contributed by atoms with Crippen molar-refractivity contribution in [3.63, 3.8) is 0 Å². The number of nitrogens with zero attached hydrogens (tertiary/aromatic N) is 2. The molecule has 2 atom stereocenters. The average Bonchev–Trinajstić information content (AvgIpc) is 3.51. The number of fused-ring (bicyclic) bond motifs is 5. The van der Waals surface area contributed by atoms with Crippen molar-refractivity contribution in [1.82, 2.24) is 14.8 Å². The molecule has 1 aromatic heterocycles. The number of rotatable bonds is 1. The van der Waals surface area contributed by atoms with E-state index in [0.29, 0.717) is 0 Å². The van der Waals surface area contributed by atoms with Crippen LogP contribution in [0, 0.1) is 0 Å². The molecule has 1 fully saturated rings. The van der Waals surface area contributed by atoms with Gasteiger partial charge >= 0.3 is 0 Å². The Balaban J connectivity index is 1.83. The van der Waals surface area contributed by atoms with Gasteiger partial charge in [-0.25, -0.2) is 0 Å². The van der Waals surface area contributed by atoms with Gasteiger partial charge in [0.2, 0.25) is 18.6 Å². The van der Waals surface area contributed by atoms with Gasteiger partial charge in [-0.05, 0) is 29.3 Å². The second-order valence-corrected chi connectivity index (χ2v) is 6.45. The summed E-state index contributed by atoms with van der Waals surface area (Å²) < 4.78 is 114. The van der Waals surface area contributed by atoms with E-state index in [-0.39, 0.29) is 21.6 Å². The molecule has 1 N–H and O–H groups in total. The first-order valence-corrected chi connectivity index (χ1v) is 8.56. The van der Waals surface area contributed by atoms with E-state index in [9.17, 15) is 12.3 Å². The minimum Gasteiger partial charge on any atom is -0.454 e. The van der Waals surface area contributed by atoms with Crippen molar-refractivity contribution in [1.29, 1.82) is 0 Å². The van der Waals surface area contributed by atoms with Crippen molar-refractivity contribution in [2.45, 2.75) is 18.4 Å². The van der Waals surface area contributed by atoms with Gasteiger partial charge in [0.15, 0.2) is 11.5 Å².